The van der Waals surface area contributed by atoms with Crippen LogP contribution in [-0.2, 0) is 0 Å². The van der Waals surface area contributed by atoms with E-state index in [4.69, 9.17) is 4.74 Å². The number of hydrogen-bond acceptors (Lipinski definition) is 3. The Kier molecular flexibility index (Phi) is 2.07. The monoisotopic (exact) mass is 232 g/mol. The molecular weight excluding hydrogens is 220 g/mol. The van der Waals surface area contributed by atoms with Crippen LogP contribution in [0.2, 0.25) is 0 Å². The highest BCUT2D eigenvalue weighted by Gasteiger charge is 2.27. The number of nitrogens with one attached hydrogen (secondary N) is 1. The molecule has 1 aromatic carbocycles. The maximum Gasteiger partial charge on any atom is 0.329 e. The highest BCUT2D eigenvalue weighted by molar-refractivity contribution is 5.84. The van der Waals surface area contributed by atoms with Crippen molar-refractivity contribution in [2.24, 2.45) is 0 Å². The molecule has 1 fully saturated rings. The van der Waals surface area contributed by atoms with Crippen LogP contribution in [0.15, 0.2) is 27.8 Å². The number of ether oxygens (including phenoxy) is 1. The lowest BCUT2D eigenvalue weighted by Crippen LogP contribution is -2.30. The van der Waals surface area contributed by atoms with Gasteiger partial charge in [-0.3, -0.25) is 14.3 Å². The third-order valence-corrected chi connectivity index (χ3v) is 3.06. The molecule has 5 heteroatoms. The zero-order valence-electron chi connectivity index (χ0n) is 9.40. The van der Waals surface area contributed by atoms with E-state index in [0.29, 0.717) is 16.7 Å². The van der Waals surface area contributed by atoms with Gasteiger partial charge in [-0.2, -0.15) is 0 Å². The second-order valence-corrected chi connectivity index (χ2v) is 4.21. The van der Waals surface area contributed by atoms with Crippen LogP contribution in [0.25, 0.3) is 10.9 Å². The number of nitrogens with zero attached hydrogens (tertiary/aromatic N) is 1. The van der Waals surface area contributed by atoms with Crippen LogP contribution >= 0.6 is 0 Å². The molecule has 1 heterocycles. The molecule has 17 heavy (non-hydrogen) atoms. The third kappa shape index (κ3) is 1.46. The van der Waals surface area contributed by atoms with E-state index in [0.717, 1.165) is 12.8 Å². The number of aromatic nitrogens is 2. The van der Waals surface area contributed by atoms with E-state index in [1.165, 1.54) is 7.11 Å². The summed E-state index contributed by atoms with van der Waals surface area (Å²) in [5, 5.41) is 0.446. The minimum absolute atomic E-state index is 0.217. The Hall–Kier alpha value is -2.04. The molecule has 88 valence electrons. The van der Waals surface area contributed by atoms with Gasteiger partial charge in [0, 0.05) is 6.04 Å². The van der Waals surface area contributed by atoms with Crippen LogP contribution in [0, 0.1) is 0 Å². The maximum absolute atomic E-state index is 11.8. The molecule has 0 spiro atoms. The van der Waals surface area contributed by atoms with Gasteiger partial charge in [0.15, 0.2) is 0 Å². The molecule has 1 N–H and O–H groups in total. The molecule has 5 nitrogen and oxygen atoms in total. The molecule has 0 atom stereocenters. The van der Waals surface area contributed by atoms with E-state index < -0.39 is 0 Å². The van der Waals surface area contributed by atoms with Crippen LogP contribution in [-0.4, -0.2) is 16.7 Å². The van der Waals surface area contributed by atoms with Crippen molar-refractivity contribution in [3.63, 3.8) is 0 Å². The van der Waals surface area contributed by atoms with Crippen molar-refractivity contribution in [2.45, 2.75) is 18.9 Å². The van der Waals surface area contributed by atoms with Crippen LogP contribution in [0.5, 0.6) is 5.75 Å². The topological polar surface area (TPSA) is 64.1 Å². The lowest BCUT2D eigenvalue weighted by atomic mass is 10.2. The fraction of sp³-hybridized carbons (Fsp3) is 0.333. The summed E-state index contributed by atoms with van der Waals surface area (Å²) in [7, 11) is 1.51. The van der Waals surface area contributed by atoms with E-state index >= 15 is 0 Å². The fourth-order valence-corrected chi connectivity index (χ4v) is 2.14. The molecule has 0 unspecified atom stereocenters. The summed E-state index contributed by atoms with van der Waals surface area (Å²) >= 11 is 0. The Morgan fingerprint density at radius 1 is 1.35 bits per heavy atom. The Morgan fingerprint density at radius 2 is 2.12 bits per heavy atom. The number of aromatic amines is 1. The predicted octanol–water partition coefficient (Wildman–Crippen LogP) is 1.03. The lowest BCUT2D eigenvalue weighted by Gasteiger charge is -2.10. The van der Waals surface area contributed by atoms with Crippen molar-refractivity contribution in [3.05, 3.63) is 39.0 Å². The summed E-state index contributed by atoms with van der Waals surface area (Å²) in [5.74, 6) is 0.498. The Morgan fingerprint density at radius 3 is 2.76 bits per heavy atom. The van der Waals surface area contributed by atoms with Gasteiger partial charge < -0.3 is 4.74 Å². The van der Waals surface area contributed by atoms with Gasteiger partial charge in [-0.1, -0.05) is 6.07 Å². The molecule has 0 aliphatic heterocycles. The van der Waals surface area contributed by atoms with Crippen molar-refractivity contribution < 1.29 is 4.74 Å². The van der Waals surface area contributed by atoms with Gasteiger partial charge in [0.2, 0.25) is 0 Å². The quantitative estimate of drug-likeness (QED) is 0.841. The first kappa shape index (κ1) is 10.1. The van der Waals surface area contributed by atoms with Crippen LogP contribution in [0.3, 0.4) is 0 Å². The average Bonchev–Trinajstić information content (AvgIpc) is 3.12. The minimum Gasteiger partial charge on any atom is -0.496 e. The van der Waals surface area contributed by atoms with Gasteiger partial charge >= 0.3 is 5.69 Å². The molecule has 0 bridgehead atoms. The van der Waals surface area contributed by atoms with E-state index in [1.54, 1.807) is 22.8 Å². The zero-order chi connectivity index (χ0) is 12.0. The third-order valence-electron chi connectivity index (χ3n) is 3.06. The van der Waals surface area contributed by atoms with Gasteiger partial charge in [-0.05, 0) is 25.0 Å². The molecule has 0 saturated heterocycles. The molecule has 1 saturated carbocycles. The molecular formula is C12H12N2O3. The maximum atomic E-state index is 11.8. The first-order valence-corrected chi connectivity index (χ1v) is 5.54. The highest BCUT2D eigenvalue weighted by Crippen LogP contribution is 2.36. The first-order valence-electron chi connectivity index (χ1n) is 5.54. The highest BCUT2D eigenvalue weighted by atomic mass is 16.5. The number of H-pyrrole nitrogens is 1. The molecule has 1 aliphatic carbocycles. The van der Waals surface area contributed by atoms with E-state index in [2.05, 4.69) is 4.98 Å². The standard InChI is InChI=1S/C12H12N2O3/c1-17-9-4-2-3-8-10(9)11(15)13-12(16)14(8)7-5-6-7/h2-4,7H,5-6H2,1H3,(H,13,15,16). The summed E-state index contributed by atoms with van der Waals surface area (Å²) in [6.45, 7) is 0. The summed E-state index contributed by atoms with van der Waals surface area (Å²) < 4.78 is 6.82. The van der Waals surface area contributed by atoms with E-state index in [1.807, 2.05) is 0 Å². The normalized spacial score (nSPS) is 15.1. The summed E-state index contributed by atoms with van der Waals surface area (Å²) in [5.41, 5.74) is -0.0711. The second-order valence-electron chi connectivity index (χ2n) is 4.21. The smallest absolute Gasteiger partial charge is 0.329 e. The molecule has 0 radical (unpaired) electrons. The lowest BCUT2D eigenvalue weighted by molar-refractivity contribution is 0.419. The van der Waals surface area contributed by atoms with Gasteiger partial charge in [0.05, 0.1) is 12.6 Å². The van der Waals surface area contributed by atoms with E-state index in [-0.39, 0.29) is 17.3 Å². The Balaban J connectivity index is 2.49. The van der Waals surface area contributed by atoms with Crippen molar-refractivity contribution in [3.8, 4) is 5.75 Å². The zero-order valence-corrected chi connectivity index (χ0v) is 9.40. The number of fused-ring (bicyclic) bond motifs is 1. The van der Waals surface area contributed by atoms with Crippen molar-refractivity contribution in [2.75, 3.05) is 7.11 Å². The minimum atomic E-state index is -0.389. The van der Waals surface area contributed by atoms with Crippen LogP contribution in [0.1, 0.15) is 18.9 Å². The number of methoxy groups -OCH3 is 1. The number of benzene rings is 1. The van der Waals surface area contributed by atoms with Crippen molar-refractivity contribution in [1.29, 1.82) is 0 Å². The number of rotatable bonds is 2. The Labute approximate surface area is 96.7 Å². The molecule has 1 aliphatic rings. The molecule has 1 aromatic heterocycles. The molecule has 0 amide bonds. The van der Waals surface area contributed by atoms with Crippen molar-refractivity contribution >= 4 is 10.9 Å². The van der Waals surface area contributed by atoms with Gasteiger partial charge in [-0.15, -0.1) is 0 Å². The van der Waals surface area contributed by atoms with Crippen LogP contribution < -0.4 is 16.0 Å². The summed E-state index contributed by atoms with van der Waals surface area (Å²) in [6, 6.07) is 5.51. The van der Waals surface area contributed by atoms with Gasteiger partial charge in [0.1, 0.15) is 11.1 Å². The van der Waals surface area contributed by atoms with Crippen LogP contribution in [0.4, 0.5) is 0 Å². The predicted molar refractivity (Wildman–Crippen MR) is 63.7 cm³/mol. The van der Waals surface area contributed by atoms with E-state index in [9.17, 15) is 9.59 Å². The number of hydrogen-bond donors (Lipinski definition) is 1. The Bertz CT molecular complexity index is 695. The molecule has 3 rings (SSSR count). The first-order chi connectivity index (χ1) is 8.22. The van der Waals surface area contributed by atoms with Gasteiger partial charge in [-0.25, -0.2) is 4.79 Å². The fourth-order valence-electron chi connectivity index (χ4n) is 2.14. The van der Waals surface area contributed by atoms with Crippen molar-refractivity contribution in [1.82, 2.24) is 9.55 Å². The molecule has 2 aromatic rings. The second kappa shape index (κ2) is 3.48. The largest absolute Gasteiger partial charge is 0.496 e. The average molecular weight is 232 g/mol. The summed E-state index contributed by atoms with van der Waals surface area (Å²) in [4.78, 5) is 26.0. The van der Waals surface area contributed by atoms with Gasteiger partial charge in [0.25, 0.3) is 5.56 Å². The SMILES string of the molecule is COc1cccc2c1c(=O)[nH]c(=O)n2C1CC1. The summed E-state index contributed by atoms with van der Waals surface area (Å²) in [6.07, 6.45) is 1.97.